The molecular weight excluding hydrogens is 176 g/mol. The highest BCUT2D eigenvalue weighted by molar-refractivity contribution is 7.11. The van der Waals surface area contributed by atoms with E-state index in [1.807, 2.05) is 11.4 Å². The molecule has 0 saturated heterocycles. The second kappa shape index (κ2) is 4.11. The van der Waals surface area contributed by atoms with E-state index in [9.17, 15) is 4.79 Å². The molecule has 3 nitrogen and oxygen atoms in total. The summed E-state index contributed by atoms with van der Waals surface area (Å²) in [5.74, 6) is -0.911. The third-order valence-corrected chi connectivity index (χ3v) is 2.16. The van der Waals surface area contributed by atoms with Gasteiger partial charge < -0.3 is 9.84 Å². The van der Waals surface area contributed by atoms with E-state index >= 15 is 0 Å². The Morgan fingerprint density at radius 1 is 1.83 bits per heavy atom. The molecule has 1 atom stereocenters. The molecular formula is C8H10O3S. The zero-order chi connectivity index (χ0) is 8.97. The fourth-order valence-corrected chi connectivity index (χ4v) is 1.40. The largest absolute Gasteiger partial charge is 0.479 e. The maximum Gasteiger partial charge on any atom is 0.344 e. The van der Waals surface area contributed by atoms with Crippen LogP contribution < -0.4 is 4.74 Å². The summed E-state index contributed by atoms with van der Waals surface area (Å²) < 4.78 is 5.18. The summed E-state index contributed by atoms with van der Waals surface area (Å²) in [4.78, 5) is 10.5. The van der Waals surface area contributed by atoms with Crippen LogP contribution in [0.2, 0.25) is 0 Å². The number of rotatable bonds is 4. The van der Waals surface area contributed by atoms with Gasteiger partial charge in [0.25, 0.3) is 0 Å². The molecule has 0 spiro atoms. The summed E-state index contributed by atoms with van der Waals surface area (Å²) in [5, 5.41) is 11.2. The van der Waals surface area contributed by atoms with Gasteiger partial charge in [0.2, 0.25) is 0 Å². The normalized spacial score (nSPS) is 12.4. The molecule has 1 unspecified atom stereocenters. The molecule has 0 aromatic carbocycles. The van der Waals surface area contributed by atoms with Crippen molar-refractivity contribution >= 4 is 17.3 Å². The molecule has 0 radical (unpaired) electrons. The first-order chi connectivity index (χ1) is 5.74. The van der Waals surface area contributed by atoms with Gasteiger partial charge >= 0.3 is 5.97 Å². The average molecular weight is 186 g/mol. The van der Waals surface area contributed by atoms with E-state index in [0.717, 1.165) is 0 Å². The zero-order valence-corrected chi connectivity index (χ0v) is 7.50. The predicted octanol–water partition coefficient (Wildman–Crippen LogP) is 1.99. The predicted molar refractivity (Wildman–Crippen MR) is 46.7 cm³/mol. The number of carboxylic acid groups (broad SMARTS) is 1. The number of carboxylic acids is 1. The summed E-state index contributed by atoms with van der Waals surface area (Å²) in [6.45, 7) is 1.78. The third kappa shape index (κ3) is 2.23. The molecule has 1 rings (SSSR count). The smallest absolute Gasteiger partial charge is 0.344 e. The Morgan fingerprint density at radius 2 is 2.58 bits per heavy atom. The lowest BCUT2D eigenvalue weighted by Crippen LogP contribution is -2.25. The summed E-state index contributed by atoms with van der Waals surface area (Å²) in [6.07, 6.45) is -0.239. The molecule has 1 heterocycles. The summed E-state index contributed by atoms with van der Waals surface area (Å²) in [7, 11) is 0. The molecule has 12 heavy (non-hydrogen) atoms. The van der Waals surface area contributed by atoms with E-state index in [4.69, 9.17) is 9.84 Å². The third-order valence-electron chi connectivity index (χ3n) is 1.40. The maximum atomic E-state index is 10.5. The van der Waals surface area contributed by atoms with Crippen molar-refractivity contribution in [2.45, 2.75) is 19.4 Å². The second-order valence-electron chi connectivity index (χ2n) is 2.29. The Morgan fingerprint density at radius 3 is 3.00 bits per heavy atom. The van der Waals surface area contributed by atoms with E-state index in [0.29, 0.717) is 11.5 Å². The molecule has 0 aliphatic rings. The molecule has 1 aromatic heterocycles. The van der Waals surface area contributed by atoms with Crippen molar-refractivity contribution in [3.05, 3.63) is 17.5 Å². The Labute approximate surface area is 74.6 Å². The van der Waals surface area contributed by atoms with Crippen LogP contribution in [0.4, 0.5) is 0 Å². The van der Waals surface area contributed by atoms with Crippen LogP contribution in [-0.2, 0) is 4.79 Å². The van der Waals surface area contributed by atoms with Crippen molar-refractivity contribution in [1.29, 1.82) is 0 Å². The van der Waals surface area contributed by atoms with Gasteiger partial charge in [-0.05, 0) is 23.9 Å². The van der Waals surface area contributed by atoms with Crippen LogP contribution in [0.25, 0.3) is 0 Å². The van der Waals surface area contributed by atoms with E-state index in [2.05, 4.69) is 0 Å². The average Bonchev–Trinajstić information content (AvgIpc) is 2.51. The van der Waals surface area contributed by atoms with Gasteiger partial charge in [-0.3, -0.25) is 0 Å². The van der Waals surface area contributed by atoms with Crippen LogP contribution in [0.3, 0.4) is 0 Å². The van der Waals surface area contributed by atoms with Crippen LogP contribution in [0.5, 0.6) is 5.06 Å². The molecule has 66 valence electrons. The molecule has 0 aliphatic heterocycles. The minimum atomic E-state index is -0.911. The molecule has 0 aliphatic carbocycles. The zero-order valence-electron chi connectivity index (χ0n) is 6.69. The monoisotopic (exact) mass is 186 g/mol. The Kier molecular flexibility index (Phi) is 3.10. The Hall–Kier alpha value is -1.03. The first-order valence-electron chi connectivity index (χ1n) is 3.67. The minimum absolute atomic E-state index is 0.479. The molecule has 0 amide bonds. The fraction of sp³-hybridized carbons (Fsp3) is 0.375. The van der Waals surface area contributed by atoms with Crippen LogP contribution in [0, 0.1) is 0 Å². The first kappa shape index (κ1) is 9.06. The summed E-state index contributed by atoms with van der Waals surface area (Å²) in [5.41, 5.74) is 0. The molecule has 4 heteroatoms. The SMILES string of the molecule is CCC(Oc1cccs1)C(=O)O. The highest BCUT2D eigenvalue weighted by atomic mass is 32.1. The molecule has 1 N–H and O–H groups in total. The highest BCUT2D eigenvalue weighted by Crippen LogP contribution is 2.20. The lowest BCUT2D eigenvalue weighted by Gasteiger charge is -2.10. The van der Waals surface area contributed by atoms with Crippen LogP contribution in [-0.4, -0.2) is 17.2 Å². The quantitative estimate of drug-likeness (QED) is 0.782. The van der Waals surface area contributed by atoms with Crippen LogP contribution in [0.1, 0.15) is 13.3 Å². The molecule has 1 aromatic rings. The molecule has 0 saturated carbocycles. The number of ether oxygens (including phenoxy) is 1. The maximum absolute atomic E-state index is 10.5. The van der Waals surface area contributed by atoms with Crippen LogP contribution >= 0.6 is 11.3 Å². The topological polar surface area (TPSA) is 46.5 Å². The van der Waals surface area contributed by atoms with Crippen molar-refractivity contribution < 1.29 is 14.6 Å². The van der Waals surface area contributed by atoms with Gasteiger partial charge in [0.05, 0.1) is 0 Å². The summed E-state index contributed by atoms with van der Waals surface area (Å²) in [6, 6.07) is 3.59. The Bertz CT molecular complexity index is 243. The molecule has 0 fully saturated rings. The number of aliphatic carboxylic acids is 1. The summed E-state index contributed by atoms with van der Waals surface area (Å²) >= 11 is 1.40. The van der Waals surface area contributed by atoms with Gasteiger partial charge in [-0.25, -0.2) is 4.79 Å². The lowest BCUT2D eigenvalue weighted by molar-refractivity contribution is -0.145. The number of hydrogen-bond donors (Lipinski definition) is 1. The highest BCUT2D eigenvalue weighted by Gasteiger charge is 2.16. The van der Waals surface area contributed by atoms with Gasteiger partial charge in [-0.2, -0.15) is 0 Å². The number of carbonyl (C=O) groups is 1. The van der Waals surface area contributed by atoms with Gasteiger partial charge in [-0.15, -0.1) is 11.3 Å². The van der Waals surface area contributed by atoms with Crippen LogP contribution in [0.15, 0.2) is 17.5 Å². The van der Waals surface area contributed by atoms with Gasteiger partial charge in [-0.1, -0.05) is 6.92 Å². The van der Waals surface area contributed by atoms with Crippen molar-refractivity contribution in [2.75, 3.05) is 0 Å². The van der Waals surface area contributed by atoms with Gasteiger partial charge in [0.15, 0.2) is 11.2 Å². The van der Waals surface area contributed by atoms with E-state index in [1.165, 1.54) is 11.3 Å². The van der Waals surface area contributed by atoms with E-state index in [-0.39, 0.29) is 0 Å². The number of thiophene rings is 1. The van der Waals surface area contributed by atoms with Crippen molar-refractivity contribution in [1.82, 2.24) is 0 Å². The first-order valence-corrected chi connectivity index (χ1v) is 4.55. The van der Waals surface area contributed by atoms with Crippen molar-refractivity contribution in [2.24, 2.45) is 0 Å². The van der Waals surface area contributed by atoms with Gasteiger partial charge in [0.1, 0.15) is 0 Å². The van der Waals surface area contributed by atoms with E-state index in [1.54, 1.807) is 13.0 Å². The van der Waals surface area contributed by atoms with Crippen molar-refractivity contribution in [3.63, 3.8) is 0 Å². The standard InChI is InChI=1S/C8H10O3S/c1-2-6(8(9)10)11-7-4-3-5-12-7/h3-6H,2H2,1H3,(H,9,10). The lowest BCUT2D eigenvalue weighted by atomic mass is 10.3. The Balaban J connectivity index is 2.54. The minimum Gasteiger partial charge on any atom is -0.479 e. The molecule has 0 bridgehead atoms. The number of hydrogen-bond acceptors (Lipinski definition) is 3. The fourth-order valence-electron chi connectivity index (χ4n) is 0.779. The second-order valence-corrected chi connectivity index (χ2v) is 3.20. The van der Waals surface area contributed by atoms with Gasteiger partial charge in [0, 0.05) is 0 Å². The van der Waals surface area contributed by atoms with E-state index < -0.39 is 12.1 Å². The van der Waals surface area contributed by atoms with Crippen molar-refractivity contribution in [3.8, 4) is 5.06 Å².